The number of rotatable bonds is 7. The van der Waals surface area contributed by atoms with E-state index < -0.39 is 11.7 Å². The lowest BCUT2D eigenvalue weighted by atomic mass is 10.1. The van der Waals surface area contributed by atoms with E-state index in [4.69, 9.17) is 9.47 Å². The Labute approximate surface area is 151 Å². The monoisotopic (exact) mass is 360 g/mol. The molecule has 0 aromatic heterocycles. The van der Waals surface area contributed by atoms with Crippen LogP contribution < -0.4 is 14.8 Å². The summed E-state index contributed by atoms with van der Waals surface area (Å²) in [4.78, 5) is 25.8. The molecule has 2 aromatic rings. The fraction of sp³-hybridized carbons (Fsp3) is 0.263. The predicted octanol–water partition coefficient (Wildman–Crippen LogP) is 2.94. The highest BCUT2D eigenvalue weighted by Crippen LogP contribution is 2.28. The summed E-state index contributed by atoms with van der Waals surface area (Å²) in [7, 11) is 3.00. The van der Waals surface area contributed by atoms with E-state index in [9.17, 15) is 14.0 Å². The number of hydrogen-bond acceptors (Lipinski definition) is 4. The molecule has 0 heterocycles. The zero-order chi connectivity index (χ0) is 19.1. The number of methoxy groups -OCH3 is 1. The molecule has 6 nitrogen and oxygen atoms in total. The largest absolute Gasteiger partial charge is 0.493 e. The van der Waals surface area contributed by atoms with Crippen LogP contribution in [0.15, 0.2) is 42.5 Å². The van der Waals surface area contributed by atoms with E-state index in [1.165, 1.54) is 37.3 Å². The van der Waals surface area contributed by atoms with Crippen LogP contribution in [0, 0.1) is 5.82 Å². The molecule has 0 bridgehead atoms. The minimum atomic E-state index is -0.450. The normalized spacial score (nSPS) is 10.2. The van der Waals surface area contributed by atoms with Crippen LogP contribution >= 0.6 is 0 Å². The van der Waals surface area contributed by atoms with Crippen molar-refractivity contribution in [3.63, 3.8) is 0 Å². The second-order valence-corrected chi connectivity index (χ2v) is 5.52. The van der Waals surface area contributed by atoms with E-state index in [1.54, 1.807) is 24.3 Å². The van der Waals surface area contributed by atoms with Crippen molar-refractivity contribution >= 4 is 17.5 Å². The van der Waals surface area contributed by atoms with E-state index in [1.807, 2.05) is 6.92 Å². The van der Waals surface area contributed by atoms with Crippen molar-refractivity contribution in [1.82, 2.24) is 4.90 Å². The Balaban J connectivity index is 2.03. The first-order valence-electron chi connectivity index (χ1n) is 8.06. The van der Waals surface area contributed by atoms with E-state index >= 15 is 0 Å². The first-order chi connectivity index (χ1) is 12.4. The summed E-state index contributed by atoms with van der Waals surface area (Å²) < 4.78 is 23.8. The van der Waals surface area contributed by atoms with Gasteiger partial charge in [-0.1, -0.05) is 6.07 Å². The van der Waals surface area contributed by atoms with Crippen molar-refractivity contribution in [3.8, 4) is 11.5 Å². The van der Waals surface area contributed by atoms with Gasteiger partial charge in [0.2, 0.25) is 5.91 Å². The topological polar surface area (TPSA) is 67.9 Å². The smallest absolute Gasteiger partial charge is 0.254 e. The average Bonchev–Trinajstić information content (AvgIpc) is 2.61. The molecule has 0 aliphatic rings. The highest BCUT2D eigenvalue weighted by atomic mass is 19.1. The standard InChI is InChI=1S/C19H21FN2O4/c1-4-26-16-9-8-13(10-17(16)25-3)19(24)22(2)12-18(23)21-15-7-5-6-14(20)11-15/h5-11H,4,12H2,1-3H3,(H,21,23). The number of carbonyl (C=O) groups excluding carboxylic acids is 2. The first-order valence-corrected chi connectivity index (χ1v) is 8.06. The molecule has 0 atom stereocenters. The molecule has 7 heteroatoms. The lowest BCUT2D eigenvalue weighted by Gasteiger charge is -2.18. The van der Waals surface area contributed by atoms with Crippen molar-refractivity contribution in [2.24, 2.45) is 0 Å². The van der Waals surface area contributed by atoms with Gasteiger partial charge in [0.15, 0.2) is 11.5 Å². The van der Waals surface area contributed by atoms with Gasteiger partial charge in [-0.3, -0.25) is 9.59 Å². The minimum absolute atomic E-state index is 0.176. The summed E-state index contributed by atoms with van der Waals surface area (Å²) in [5.74, 6) is -0.243. The number of amides is 2. The Kier molecular flexibility index (Phi) is 6.54. The van der Waals surface area contributed by atoms with Crippen molar-refractivity contribution in [2.45, 2.75) is 6.92 Å². The molecule has 0 radical (unpaired) electrons. The zero-order valence-electron chi connectivity index (χ0n) is 14.9. The third-order valence-corrected chi connectivity index (χ3v) is 3.55. The van der Waals surface area contributed by atoms with Crippen molar-refractivity contribution in [1.29, 1.82) is 0 Å². The van der Waals surface area contributed by atoms with E-state index in [-0.39, 0.29) is 12.5 Å². The fourth-order valence-corrected chi connectivity index (χ4v) is 2.35. The van der Waals surface area contributed by atoms with Gasteiger partial charge >= 0.3 is 0 Å². The van der Waals surface area contributed by atoms with Gasteiger partial charge in [-0.25, -0.2) is 4.39 Å². The molecule has 138 valence electrons. The Hall–Kier alpha value is -3.09. The molecule has 0 aliphatic heterocycles. The third-order valence-electron chi connectivity index (χ3n) is 3.55. The van der Waals surface area contributed by atoms with Gasteiger partial charge < -0.3 is 19.7 Å². The molecule has 2 aromatic carbocycles. The van der Waals surface area contributed by atoms with Crippen LogP contribution in [-0.4, -0.2) is 44.0 Å². The van der Waals surface area contributed by atoms with Crippen LogP contribution in [0.1, 0.15) is 17.3 Å². The van der Waals surface area contributed by atoms with Crippen LogP contribution in [0.4, 0.5) is 10.1 Å². The van der Waals surface area contributed by atoms with Crippen LogP contribution in [-0.2, 0) is 4.79 Å². The Morgan fingerprint density at radius 2 is 1.92 bits per heavy atom. The number of nitrogens with zero attached hydrogens (tertiary/aromatic N) is 1. The maximum absolute atomic E-state index is 13.2. The summed E-state index contributed by atoms with van der Waals surface area (Å²) >= 11 is 0. The number of ether oxygens (including phenoxy) is 2. The number of carbonyl (C=O) groups is 2. The van der Waals surface area contributed by atoms with Gasteiger partial charge in [-0.05, 0) is 43.3 Å². The summed E-state index contributed by atoms with van der Waals surface area (Å²) in [5, 5.41) is 2.55. The Morgan fingerprint density at radius 1 is 1.15 bits per heavy atom. The van der Waals surface area contributed by atoms with Crippen molar-refractivity contribution < 1.29 is 23.5 Å². The minimum Gasteiger partial charge on any atom is -0.493 e. The molecule has 26 heavy (non-hydrogen) atoms. The molecule has 0 saturated carbocycles. The Morgan fingerprint density at radius 3 is 2.58 bits per heavy atom. The van der Waals surface area contributed by atoms with Crippen molar-refractivity contribution in [3.05, 3.63) is 53.8 Å². The first kappa shape index (κ1) is 19.2. The molecule has 0 spiro atoms. The van der Waals surface area contributed by atoms with Crippen LogP contribution in [0.3, 0.4) is 0 Å². The summed E-state index contributed by atoms with van der Waals surface area (Å²) in [6.45, 7) is 2.15. The SMILES string of the molecule is CCOc1ccc(C(=O)N(C)CC(=O)Nc2cccc(F)c2)cc1OC. The molecule has 1 N–H and O–H groups in total. The van der Waals surface area contributed by atoms with E-state index in [0.717, 1.165) is 0 Å². The van der Waals surface area contributed by atoms with E-state index in [2.05, 4.69) is 5.32 Å². The molecule has 2 rings (SSSR count). The summed E-state index contributed by atoms with van der Waals surface area (Å²) in [5.41, 5.74) is 0.699. The molecule has 0 saturated heterocycles. The van der Waals surface area contributed by atoms with Crippen LogP contribution in [0.2, 0.25) is 0 Å². The quantitative estimate of drug-likeness (QED) is 0.824. The molecule has 0 aliphatic carbocycles. The summed E-state index contributed by atoms with van der Waals surface area (Å²) in [6, 6.07) is 10.4. The molecular weight excluding hydrogens is 339 g/mol. The molecule has 0 fully saturated rings. The third kappa shape index (κ3) is 4.95. The Bertz CT molecular complexity index is 795. The van der Waals surface area contributed by atoms with Gasteiger partial charge in [0.1, 0.15) is 5.82 Å². The number of benzene rings is 2. The van der Waals surface area contributed by atoms with Gasteiger partial charge in [-0.2, -0.15) is 0 Å². The van der Waals surface area contributed by atoms with Crippen molar-refractivity contribution in [2.75, 3.05) is 32.6 Å². The number of nitrogens with one attached hydrogen (secondary N) is 1. The van der Waals surface area contributed by atoms with Gasteiger partial charge in [0, 0.05) is 18.3 Å². The highest BCUT2D eigenvalue weighted by Gasteiger charge is 2.17. The van der Waals surface area contributed by atoms with Gasteiger partial charge in [0.05, 0.1) is 20.3 Å². The molecular formula is C19H21FN2O4. The predicted molar refractivity (Wildman–Crippen MR) is 96.2 cm³/mol. The lowest BCUT2D eigenvalue weighted by Crippen LogP contribution is -2.34. The second kappa shape index (κ2) is 8.84. The maximum atomic E-state index is 13.2. The number of hydrogen-bond donors (Lipinski definition) is 1. The van der Waals surface area contributed by atoms with Gasteiger partial charge in [-0.15, -0.1) is 0 Å². The average molecular weight is 360 g/mol. The lowest BCUT2D eigenvalue weighted by molar-refractivity contribution is -0.116. The molecule has 2 amide bonds. The van der Waals surface area contributed by atoms with Gasteiger partial charge in [0.25, 0.3) is 5.91 Å². The second-order valence-electron chi connectivity index (χ2n) is 5.52. The van der Waals surface area contributed by atoms with Crippen LogP contribution in [0.5, 0.6) is 11.5 Å². The maximum Gasteiger partial charge on any atom is 0.254 e. The molecule has 0 unspecified atom stereocenters. The van der Waals surface area contributed by atoms with E-state index in [0.29, 0.717) is 29.4 Å². The zero-order valence-corrected chi connectivity index (χ0v) is 14.9. The number of likely N-dealkylation sites (N-methyl/N-ethyl adjacent to an activating group) is 1. The van der Waals surface area contributed by atoms with Crippen LogP contribution in [0.25, 0.3) is 0 Å². The number of anilines is 1. The summed E-state index contributed by atoms with van der Waals surface area (Å²) in [6.07, 6.45) is 0. The highest BCUT2D eigenvalue weighted by molar-refractivity contribution is 5.99. The fourth-order valence-electron chi connectivity index (χ4n) is 2.35. The number of halogens is 1.